The second kappa shape index (κ2) is 4.30. The van der Waals surface area contributed by atoms with E-state index < -0.39 is 0 Å². The Morgan fingerprint density at radius 3 is 2.93 bits per heavy atom. The molecule has 86 valence electrons. The molecule has 0 aromatic heterocycles. The Morgan fingerprint density at radius 1 is 1.53 bits per heavy atom. The molecule has 1 amide bonds. The van der Waals surface area contributed by atoms with Crippen molar-refractivity contribution in [2.24, 2.45) is 11.3 Å². The average Bonchev–Trinajstić information content (AvgIpc) is 2.86. The minimum absolute atomic E-state index is 0.0565. The number of aliphatic hydroxyl groups is 1. The van der Waals surface area contributed by atoms with E-state index in [-0.39, 0.29) is 11.8 Å². The number of carbonyl (C=O) groups excluding carboxylic acids is 1. The maximum absolute atomic E-state index is 11.4. The number of hydrogen-bond donors (Lipinski definition) is 1. The molecule has 1 aliphatic carbocycles. The molecule has 0 bridgehead atoms. The predicted molar refractivity (Wildman–Crippen MR) is 58.8 cm³/mol. The summed E-state index contributed by atoms with van der Waals surface area (Å²) in [5.74, 6) is 0.608. The van der Waals surface area contributed by atoms with Crippen molar-refractivity contribution in [3.63, 3.8) is 0 Å². The Balaban J connectivity index is 1.94. The number of rotatable bonds is 2. The van der Waals surface area contributed by atoms with Crippen LogP contribution in [0, 0.1) is 11.3 Å². The van der Waals surface area contributed by atoms with E-state index in [2.05, 4.69) is 0 Å². The highest BCUT2D eigenvalue weighted by molar-refractivity contribution is 6.27. The molecule has 1 saturated heterocycles. The number of hydrogen-bond acceptors (Lipinski definition) is 2. The number of nitrogens with zero attached hydrogens (tertiary/aromatic N) is 1. The lowest BCUT2D eigenvalue weighted by atomic mass is 9.84. The second-order valence-electron chi connectivity index (χ2n) is 4.99. The van der Waals surface area contributed by atoms with Crippen LogP contribution in [-0.4, -0.2) is 41.5 Å². The van der Waals surface area contributed by atoms with E-state index >= 15 is 0 Å². The maximum atomic E-state index is 11.4. The number of alkyl halides is 1. The predicted octanol–water partition coefficient (Wildman–Crippen LogP) is 1.24. The molecule has 2 aliphatic rings. The van der Waals surface area contributed by atoms with Gasteiger partial charge in [0.05, 0.1) is 0 Å². The molecule has 2 fully saturated rings. The van der Waals surface area contributed by atoms with E-state index in [1.807, 2.05) is 4.90 Å². The van der Waals surface area contributed by atoms with Crippen molar-refractivity contribution in [3.8, 4) is 0 Å². The van der Waals surface area contributed by atoms with Crippen LogP contribution in [0.2, 0.25) is 0 Å². The van der Waals surface area contributed by atoms with Gasteiger partial charge in [-0.1, -0.05) is 0 Å². The third kappa shape index (κ3) is 2.13. The van der Waals surface area contributed by atoms with E-state index in [1.54, 1.807) is 0 Å². The SMILES string of the molecule is O=C(CCl)N1CC[C@]2(CC[C@H](CO)C2)C1. The summed E-state index contributed by atoms with van der Waals surface area (Å²) in [5.41, 5.74) is 0.301. The highest BCUT2D eigenvalue weighted by atomic mass is 35.5. The lowest BCUT2D eigenvalue weighted by Crippen LogP contribution is -2.32. The highest BCUT2D eigenvalue weighted by Gasteiger charge is 2.44. The molecule has 2 rings (SSSR count). The first-order valence-electron chi connectivity index (χ1n) is 5.64. The fourth-order valence-electron chi connectivity index (χ4n) is 3.09. The minimum atomic E-state index is 0.0565. The first kappa shape index (κ1) is 11.2. The lowest BCUT2D eigenvalue weighted by Gasteiger charge is -2.23. The maximum Gasteiger partial charge on any atom is 0.237 e. The third-order valence-corrected chi connectivity index (χ3v) is 4.20. The van der Waals surface area contributed by atoms with Gasteiger partial charge in [-0.2, -0.15) is 0 Å². The van der Waals surface area contributed by atoms with Crippen molar-refractivity contribution in [3.05, 3.63) is 0 Å². The van der Waals surface area contributed by atoms with Crippen LogP contribution in [0.25, 0.3) is 0 Å². The van der Waals surface area contributed by atoms with Gasteiger partial charge in [0.25, 0.3) is 0 Å². The Bertz CT molecular complexity index is 259. The quantitative estimate of drug-likeness (QED) is 0.727. The molecule has 0 radical (unpaired) electrons. The molecule has 2 atom stereocenters. The van der Waals surface area contributed by atoms with E-state index in [9.17, 15) is 4.79 Å². The van der Waals surface area contributed by atoms with Crippen molar-refractivity contribution in [2.75, 3.05) is 25.6 Å². The zero-order chi connectivity index (χ0) is 10.9. The van der Waals surface area contributed by atoms with Crippen LogP contribution < -0.4 is 0 Å². The number of aliphatic hydroxyl groups excluding tert-OH is 1. The summed E-state index contributed by atoms with van der Waals surface area (Å²) in [6.07, 6.45) is 4.44. The summed E-state index contributed by atoms with van der Waals surface area (Å²) in [5, 5.41) is 9.13. The smallest absolute Gasteiger partial charge is 0.237 e. The number of likely N-dealkylation sites (tertiary alicyclic amines) is 1. The third-order valence-electron chi connectivity index (χ3n) is 3.97. The molecule has 1 spiro atoms. The normalized spacial score (nSPS) is 35.3. The summed E-state index contributed by atoms with van der Waals surface area (Å²) in [6.45, 7) is 2.00. The molecule has 0 aromatic carbocycles. The Kier molecular flexibility index (Phi) is 3.21. The molecule has 4 heteroatoms. The van der Waals surface area contributed by atoms with Gasteiger partial charge in [-0.25, -0.2) is 0 Å². The Hall–Kier alpha value is -0.280. The molecule has 3 nitrogen and oxygen atoms in total. The molecule has 1 heterocycles. The van der Waals surface area contributed by atoms with E-state index in [0.717, 1.165) is 38.8 Å². The van der Waals surface area contributed by atoms with Crippen LogP contribution in [0.4, 0.5) is 0 Å². The number of halogens is 1. The zero-order valence-corrected chi connectivity index (χ0v) is 9.67. The summed E-state index contributed by atoms with van der Waals surface area (Å²) < 4.78 is 0. The van der Waals surface area contributed by atoms with Crippen molar-refractivity contribution in [1.29, 1.82) is 0 Å². The van der Waals surface area contributed by atoms with Crippen LogP contribution >= 0.6 is 11.6 Å². The monoisotopic (exact) mass is 231 g/mol. The second-order valence-corrected chi connectivity index (χ2v) is 5.26. The summed E-state index contributed by atoms with van der Waals surface area (Å²) in [6, 6.07) is 0. The lowest BCUT2D eigenvalue weighted by molar-refractivity contribution is -0.127. The van der Waals surface area contributed by atoms with Crippen LogP contribution in [0.15, 0.2) is 0 Å². The summed E-state index contributed by atoms with van der Waals surface area (Å²) >= 11 is 5.55. The van der Waals surface area contributed by atoms with Crippen LogP contribution in [0.1, 0.15) is 25.7 Å². The van der Waals surface area contributed by atoms with E-state index in [4.69, 9.17) is 16.7 Å². The summed E-state index contributed by atoms with van der Waals surface area (Å²) in [7, 11) is 0. The average molecular weight is 232 g/mol. The van der Waals surface area contributed by atoms with Gasteiger partial charge in [-0.05, 0) is 37.0 Å². The molecule has 15 heavy (non-hydrogen) atoms. The number of amides is 1. The molecule has 1 aliphatic heterocycles. The molecular weight excluding hydrogens is 214 g/mol. The van der Waals surface area contributed by atoms with Gasteiger partial charge < -0.3 is 10.0 Å². The van der Waals surface area contributed by atoms with Crippen molar-refractivity contribution in [2.45, 2.75) is 25.7 Å². The molecule has 0 unspecified atom stereocenters. The zero-order valence-electron chi connectivity index (χ0n) is 8.91. The van der Waals surface area contributed by atoms with Gasteiger partial charge in [-0.3, -0.25) is 4.79 Å². The van der Waals surface area contributed by atoms with Gasteiger partial charge in [0.2, 0.25) is 5.91 Å². The largest absolute Gasteiger partial charge is 0.396 e. The van der Waals surface area contributed by atoms with Gasteiger partial charge in [0.15, 0.2) is 0 Å². The van der Waals surface area contributed by atoms with Gasteiger partial charge in [0.1, 0.15) is 5.88 Å². The molecular formula is C11H18ClNO2. The molecule has 1 N–H and O–H groups in total. The van der Waals surface area contributed by atoms with E-state index in [0.29, 0.717) is 17.9 Å². The topological polar surface area (TPSA) is 40.5 Å². The standard InChI is InChI=1S/C11H18ClNO2/c12-6-10(15)13-4-3-11(8-13)2-1-9(5-11)7-14/h9,14H,1-8H2/t9-,11-/m0/s1. The fourth-order valence-corrected chi connectivity index (χ4v) is 3.25. The number of carbonyl (C=O) groups is 1. The Labute approximate surface area is 95.4 Å². The molecule has 0 aromatic rings. The van der Waals surface area contributed by atoms with Gasteiger partial charge in [-0.15, -0.1) is 11.6 Å². The minimum Gasteiger partial charge on any atom is -0.396 e. The van der Waals surface area contributed by atoms with Crippen LogP contribution in [-0.2, 0) is 4.79 Å². The van der Waals surface area contributed by atoms with Crippen LogP contribution in [0.5, 0.6) is 0 Å². The van der Waals surface area contributed by atoms with E-state index in [1.165, 1.54) is 0 Å². The van der Waals surface area contributed by atoms with Crippen molar-refractivity contribution in [1.82, 2.24) is 4.90 Å². The first-order valence-corrected chi connectivity index (χ1v) is 6.17. The van der Waals surface area contributed by atoms with Crippen molar-refractivity contribution >= 4 is 17.5 Å². The van der Waals surface area contributed by atoms with Gasteiger partial charge >= 0.3 is 0 Å². The highest BCUT2D eigenvalue weighted by Crippen LogP contribution is 2.47. The Morgan fingerprint density at radius 2 is 2.33 bits per heavy atom. The first-order chi connectivity index (χ1) is 7.19. The van der Waals surface area contributed by atoms with Crippen molar-refractivity contribution < 1.29 is 9.90 Å². The fraction of sp³-hybridized carbons (Fsp3) is 0.909. The molecule has 1 saturated carbocycles. The summed E-state index contributed by atoms with van der Waals surface area (Å²) in [4.78, 5) is 13.3. The van der Waals surface area contributed by atoms with Gasteiger partial charge in [0, 0.05) is 19.7 Å². The van der Waals surface area contributed by atoms with Crippen LogP contribution in [0.3, 0.4) is 0 Å².